The second-order valence-corrected chi connectivity index (χ2v) is 14.8. The van der Waals surface area contributed by atoms with Gasteiger partial charge in [0.1, 0.15) is 5.75 Å². The van der Waals surface area contributed by atoms with Crippen LogP contribution in [0.4, 0.5) is 11.4 Å². The number of piperidine rings is 2. The first-order chi connectivity index (χ1) is 23.4. The number of rotatable bonds is 7. The Morgan fingerprint density at radius 3 is 2.25 bits per heavy atom. The van der Waals surface area contributed by atoms with Crippen molar-refractivity contribution < 1.29 is 9.90 Å². The average Bonchev–Trinajstić information content (AvgIpc) is 3.11. The lowest BCUT2D eigenvalue weighted by Crippen LogP contribution is -2.70. The number of nitrogens with two attached hydrogens (primary N) is 1. The lowest BCUT2D eigenvalue weighted by Gasteiger charge is -2.63. The Balaban J connectivity index is 0.913. The molecule has 8 rings (SSSR count). The summed E-state index contributed by atoms with van der Waals surface area (Å²) in [6, 6.07) is 28.1. The summed E-state index contributed by atoms with van der Waals surface area (Å²) in [5, 5.41) is 19.0. The third kappa shape index (κ3) is 5.60. The largest absolute Gasteiger partial charge is 0.507 e. The van der Waals surface area contributed by atoms with Gasteiger partial charge in [-0.1, -0.05) is 54.6 Å². The maximum atomic E-state index is 14.6. The summed E-state index contributed by atoms with van der Waals surface area (Å²) in [5.74, 6) is 1.80. The number of hydrogen-bond acceptors (Lipinski definition) is 7. The number of aromatic nitrogens is 2. The second kappa shape index (κ2) is 12.5. The molecule has 8 heteroatoms. The third-order valence-corrected chi connectivity index (χ3v) is 12.2. The second-order valence-electron chi connectivity index (χ2n) is 14.8. The number of amides is 1. The molecule has 0 radical (unpaired) electrons. The van der Waals surface area contributed by atoms with Gasteiger partial charge in [0.05, 0.1) is 23.0 Å². The smallest absolute Gasteiger partial charge is 0.233 e. The molecular formula is C40H46N6O2. The molecule has 4 fully saturated rings. The number of benzene rings is 3. The van der Waals surface area contributed by atoms with Crippen molar-refractivity contribution in [1.82, 2.24) is 20.0 Å². The van der Waals surface area contributed by atoms with E-state index in [2.05, 4.69) is 61.3 Å². The SMILES string of the molecule is Nc1ccc(C2CCN(CC3CCC34CN(C(=O)C3(c5ccccc5)CCN(c5cnnc(-c6ccccc6O)c5)CC3)C4)CC2)cc1. The molecule has 4 aromatic rings. The van der Waals surface area contributed by atoms with Gasteiger partial charge in [-0.2, -0.15) is 10.2 Å². The van der Waals surface area contributed by atoms with Crippen molar-refractivity contribution in [3.05, 3.63) is 102 Å². The Bertz CT molecular complexity index is 1740. The number of nitrogen functional groups attached to an aromatic ring is 1. The van der Waals surface area contributed by atoms with Crippen LogP contribution >= 0.6 is 0 Å². The van der Waals surface area contributed by atoms with Gasteiger partial charge in [0.2, 0.25) is 5.91 Å². The van der Waals surface area contributed by atoms with Gasteiger partial charge in [-0.25, -0.2) is 0 Å². The van der Waals surface area contributed by atoms with Crippen molar-refractivity contribution in [2.45, 2.75) is 49.9 Å². The molecule has 4 aliphatic rings. The van der Waals surface area contributed by atoms with Crippen LogP contribution in [-0.4, -0.2) is 76.8 Å². The fourth-order valence-electron chi connectivity index (χ4n) is 9.03. The van der Waals surface area contributed by atoms with E-state index in [1.165, 1.54) is 31.2 Å². The number of aromatic hydroxyl groups is 1. The molecule has 1 unspecified atom stereocenters. The number of phenols is 1. The minimum atomic E-state index is -0.524. The molecule has 0 bridgehead atoms. The lowest BCUT2D eigenvalue weighted by molar-refractivity contribution is -0.169. The molecule has 3 N–H and O–H groups in total. The molecule has 1 saturated carbocycles. The zero-order valence-electron chi connectivity index (χ0n) is 27.7. The molecule has 1 aromatic heterocycles. The average molecular weight is 643 g/mol. The van der Waals surface area contributed by atoms with Crippen LogP contribution in [-0.2, 0) is 10.2 Å². The molecule has 248 valence electrons. The van der Waals surface area contributed by atoms with E-state index >= 15 is 0 Å². The summed E-state index contributed by atoms with van der Waals surface area (Å²) in [4.78, 5) is 21.8. The zero-order valence-corrected chi connectivity index (χ0v) is 27.7. The van der Waals surface area contributed by atoms with Crippen LogP contribution in [0, 0.1) is 11.3 Å². The molecule has 4 heterocycles. The molecule has 3 aromatic carbocycles. The van der Waals surface area contributed by atoms with E-state index in [9.17, 15) is 9.90 Å². The first kappa shape index (κ1) is 30.9. The highest BCUT2D eigenvalue weighted by Crippen LogP contribution is 2.55. The number of phenolic OH excluding ortho intramolecular Hbond substituents is 1. The summed E-state index contributed by atoms with van der Waals surface area (Å²) in [6.45, 7) is 6.76. The summed E-state index contributed by atoms with van der Waals surface area (Å²) in [7, 11) is 0. The Hall–Kier alpha value is -4.43. The van der Waals surface area contributed by atoms with Crippen molar-refractivity contribution in [2.24, 2.45) is 11.3 Å². The van der Waals surface area contributed by atoms with Crippen LogP contribution in [0.3, 0.4) is 0 Å². The Kier molecular flexibility index (Phi) is 8.07. The monoisotopic (exact) mass is 642 g/mol. The van der Waals surface area contributed by atoms with Gasteiger partial charge in [0, 0.05) is 49.4 Å². The topological polar surface area (TPSA) is 98.8 Å². The van der Waals surface area contributed by atoms with Crippen molar-refractivity contribution in [3.63, 3.8) is 0 Å². The van der Waals surface area contributed by atoms with Crippen LogP contribution in [0.25, 0.3) is 11.3 Å². The van der Waals surface area contributed by atoms with E-state index in [4.69, 9.17) is 5.73 Å². The van der Waals surface area contributed by atoms with Crippen LogP contribution in [0.5, 0.6) is 5.75 Å². The standard InChI is InChI=1S/C40H46N6O2/c41-33-12-10-29(11-13-33)30-15-20-44(21-16-30)26-32-14-17-39(32)27-46(28-39)38(48)40(31-6-2-1-3-7-31)18-22-45(23-19-40)34-24-36(43-42-25-34)35-8-4-5-9-37(35)47/h1-13,24-25,30,32,47H,14-23,26-28,41H2. The van der Waals surface area contributed by atoms with Crippen LogP contribution < -0.4 is 10.6 Å². The fourth-order valence-corrected chi connectivity index (χ4v) is 9.03. The quantitative estimate of drug-likeness (QED) is 0.236. The number of hydrogen-bond donors (Lipinski definition) is 2. The molecule has 1 aliphatic carbocycles. The Morgan fingerprint density at radius 1 is 0.854 bits per heavy atom. The van der Waals surface area contributed by atoms with Gasteiger partial charge in [-0.15, -0.1) is 0 Å². The number of carbonyl (C=O) groups excluding carboxylic acids is 1. The predicted octanol–water partition coefficient (Wildman–Crippen LogP) is 6.09. The van der Waals surface area contributed by atoms with E-state index in [-0.39, 0.29) is 5.75 Å². The summed E-state index contributed by atoms with van der Waals surface area (Å²) in [5.41, 5.74) is 11.4. The van der Waals surface area contributed by atoms with Gasteiger partial charge in [0.25, 0.3) is 0 Å². The number of carbonyl (C=O) groups is 1. The molecule has 3 aliphatic heterocycles. The number of anilines is 2. The van der Waals surface area contributed by atoms with Gasteiger partial charge >= 0.3 is 0 Å². The van der Waals surface area contributed by atoms with Crippen molar-refractivity contribution >= 4 is 17.3 Å². The minimum absolute atomic E-state index is 0.191. The fraction of sp³-hybridized carbons (Fsp3) is 0.425. The summed E-state index contributed by atoms with van der Waals surface area (Å²) in [6.07, 6.45) is 8.22. The highest BCUT2D eigenvalue weighted by Gasteiger charge is 2.58. The first-order valence-electron chi connectivity index (χ1n) is 17.7. The van der Waals surface area contributed by atoms with E-state index in [0.29, 0.717) is 34.4 Å². The van der Waals surface area contributed by atoms with E-state index in [1.54, 1.807) is 18.3 Å². The Morgan fingerprint density at radius 2 is 1.56 bits per heavy atom. The van der Waals surface area contributed by atoms with Crippen molar-refractivity contribution in [1.29, 1.82) is 0 Å². The molecular weight excluding hydrogens is 596 g/mol. The van der Waals surface area contributed by atoms with Gasteiger partial charge in [0.15, 0.2) is 0 Å². The number of nitrogens with zero attached hydrogens (tertiary/aromatic N) is 5. The van der Waals surface area contributed by atoms with Gasteiger partial charge < -0.3 is 25.5 Å². The number of para-hydroxylation sites is 1. The predicted molar refractivity (Wildman–Crippen MR) is 190 cm³/mol. The molecule has 3 saturated heterocycles. The highest BCUT2D eigenvalue weighted by molar-refractivity contribution is 5.89. The van der Waals surface area contributed by atoms with Gasteiger partial charge in [-0.05, 0) is 105 Å². The van der Waals surface area contributed by atoms with E-state index in [0.717, 1.165) is 75.6 Å². The number of likely N-dealkylation sites (tertiary alicyclic amines) is 2. The molecule has 1 spiro atoms. The van der Waals surface area contributed by atoms with Crippen LogP contribution in [0.15, 0.2) is 91.1 Å². The van der Waals surface area contributed by atoms with E-state index < -0.39 is 5.41 Å². The summed E-state index contributed by atoms with van der Waals surface area (Å²) < 4.78 is 0. The molecule has 48 heavy (non-hydrogen) atoms. The normalized spacial score (nSPS) is 22.2. The summed E-state index contributed by atoms with van der Waals surface area (Å²) >= 11 is 0. The van der Waals surface area contributed by atoms with E-state index in [1.807, 2.05) is 36.4 Å². The third-order valence-electron chi connectivity index (χ3n) is 12.2. The van der Waals surface area contributed by atoms with Crippen molar-refractivity contribution in [3.8, 4) is 17.0 Å². The first-order valence-corrected chi connectivity index (χ1v) is 17.7. The zero-order chi connectivity index (χ0) is 32.7. The maximum Gasteiger partial charge on any atom is 0.233 e. The lowest BCUT2D eigenvalue weighted by atomic mass is 9.55. The highest BCUT2D eigenvalue weighted by atomic mass is 16.3. The molecule has 1 atom stereocenters. The Labute approximate surface area is 283 Å². The van der Waals surface area contributed by atoms with Crippen LogP contribution in [0.1, 0.15) is 55.6 Å². The van der Waals surface area contributed by atoms with Crippen molar-refractivity contribution in [2.75, 3.05) is 56.4 Å². The maximum absolute atomic E-state index is 14.6. The molecule has 1 amide bonds. The van der Waals surface area contributed by atoms with Gasteiger partial charge in [-0.3, -0.25) is 4.79 Å². The molecule has 8 nitrogen and oxygen atoms in total. The van der Waals surface area contributed by atoms with Crippen LogP contribution in [0.2, 0.25) is 0 Å². The minimum Gasteiger partial charge on any atom is -0.507 e.